The number of hydrogen-bond acceptors (Lipinski definition) is 3. The van der Waals surface area contributed by atoms with Crippen molar-refractivity contribution in [1.29, 1.82) is 0 Å². The number of carbonyl (C=O) groups excluding carboxylic acids is 1. The Labute approximate surface area is 78.3 Å². The molecule has 0 aromatic rings. The number of carbonyl (C=O) groups is 1. The smallest absolute Gasteiger partial charge is 0.249 e. The second-order valence-corrected chi connectivity index (χ2v) is 3.31. The van der Waals surface area contributed by atoms with E-state index in [1.807, 2.05) is 6.92 Å². The molecule has 1 unspecified atom stereocenters. The van der Waals surface area contributed by atoms with Crippen LogP contribution in [-0.4, -0.2) is 36.4 Å². The van der Waals surface area contributed by atoms with E-state index in [1.54, 1.807) is 0 Å². The second-order valence-electron chi connectivity index (χ2n) is 3.31. The monoisotopic (exact) mass is 187 g/mol. The van der Waals surface area contributed by atoms with Crippen LogP contribution in [0.3, 0.4) is 0 Å². The molecule has 1 aliphatic rings. The summed E-state index contributed by atoms with van der Waals surface area (Å²) in [5, 5.41) is 11.9. The van der Waals surface area contributed by atoms with Crippen molar-refractivity contribution in [2.45, 2.75) is 38.4 Å². The zero-order valence-corrected chi connectivity index (χ0v) is 7.95. The van der Waals surface area contributed by atoms with Gasteiger partial charge in [-0.1, -0.05) is 6.92 Å². The Hall–Kier alpha value is -0.610. The normalized spacial score (nSPS) is 24.3. The van der Waals surface area contributed by atoms with Gasteiger partial charge in [-0.05, 0) is 19.3 Å². The second kappa shape index (κ2) is 5.19. The van der Waals surface area contributed by atoms with E-state index in [0.29, 0.717) is 19.6 Å². The fourth-order valence-electron chi connectivity index (χ4n) is 1.26. The van der Waals surface area contributed by atoms with E-state index < -0.39 is 6.10 Å². The Morgan fingerprint density at radius 1 is 1.77 bits per heavy atom. The first-order valence-corrected chi connectivity index (χ1v) is 4.81. The lowest BCUT2D eigenvalue weighted by molar-refractivity contribution is -0.130. The van der Waals surface area contributed by atoms with Crippen molar-refractivity contribution in [2.24, 2.45) is 0 Å². The molecule has 1 aliphatic heterocycles. The molecule has 2 N–H and O–H groups in total. The number of hydrogen-bond donors (Lipinski definition) is 2. The molecule has 4 heteroatoms. The van der Waals surface area contributed by atoms with Crippen molar-refractivity contribution in [3.8, 4) is 0 Å². The van der Waals surface area contributed by atoms with Gasteiger partial charge in [-0.3, -0.25) is 4.79 Å². The summed E-state index contributed by atoms with van der Waals surface area (Å²) in [6.07, 6.45) is 1.68. The van der Waals surface area contributed by atoms with E-state index in [1.165, 1.54) is 0 Å². The van der Waals surface area contributed by atoms with E-state index in [9.17, 15) is 9.90 Å². The molecule has 76 valence electrons. The summed E-state index contributed by atoms with van der Waals surface area (Å²) in [6, 6.07) is 0. The summed E-state index contributed by atoms with van der Waals surface area (Å²) < 4.78 is 5.19. The standard InChI is InChI=1S/C9H17NO3/c1-2-7(11)6-10-9(12)8-4-3-5-13-8/h7-8,11H,2-6H2,1H3,(H,10,12)/t7?,8-/m1/s1. The molecule has 1 heterocycles. The summed E-state index contributed by atoms with van der Waals surface area (Å²) in [4.78, 5) is 11.3. The fourth-order valence-corrected chi connectivity index (χ4v) is 1.26. The van der Waals surface area contributed by atoms with Gasteiger partial charge in [-0.15, -0.1) is 0 Å². The molecular formula is C9H17NO3. The summed E-state index contributed by atoms with van der Waals surface area (Å²) in [5.74, 6) is -0.0926. The Morgan fingerprint density at radius 2 is 2.54 bits per heavy atom. The van der Waals surface area contributed by atoms with Gasteiger partial charge in [0.05, 0.1) is 6.10 Å². The number of aliphatic hydroxyl groups is 1. The molecule has 1 amide bonds. The van der Waals surface area contributed by atoms with Crippen molar-refractivity contribution in [1.82, 2.24) is 5.32 Å². The van der Waals surface area contributed by atoms with E-state index in [0.717, 1.165) is 12.8 Å². The van der Waals surface area contributed by atoms with Crippen LogP contribution < -0.4 is 5.32 Å². The number of nitrogens with one attached hydrogen (secondary N) is 1. The van der Waals surface area contributed by atoms with Gasteiger partial charge in [-0.2, -0.15) is 0 Å². The lowest BCUT2D eigenvalue weighted by atomic mass is 10.2. The van der Waals surface area contributed by atoms with Crippen LogP contribution in [0.1, 0.15) is 26.2 Å². The molecule has 0 bridgehead atoms. The van der Waals surface area contributed by atoms with Gasteiger partial charge in [0.1, 0.15) is 6.10 Å². The molecule has 0 spiro atoms. The van der Waals surface area contributed by atoms with Crippen molar-refractivity contribution in [2.75, 3.05) is 13.2 Å². The molecule has 1 fully saturated rings. The van der Waals surface area contributed by atoms with Gasteiger partial charge in [0.15, 0.2) is 0 Å². The highest BCUT2D eigenvalue weighted by Gasteiger charge is 2.23. The number of ether oxygens (including phenoxy) is 1. The molecule has 4 nitrogen and oxygen atoms in total. The van der Waals surface area contributed by atoms with Crippen molar-refractivity contribution in [3.63, 3.8) is 0 Å². The molecule has 0 aromatic carbocycles. The minimum absolute atomic E-state index is 0.0926. The van der Waals surface area contributed by atoms with Crippen molar-refractivity contribution < 1.29 is 14.6 Å². The first kappa shape index (κ1) is 10.5. The zero-order valence-electron chi connectivity index (χ0n) is 7.95. The van der Waals surface area contributed by atoms with Crippen LogP contribution in [0.5, 0.6) is 0 Å². The predicted octanol–water partition coefficient (Wildman–Crippen LogP) is 0.0525. The van der Waals surface area contributed by atoms with Crippen molar-refractivity contribution in [3.05, 3.63) is 0 Å². The van der Waals surface area contributed by atoms with Crippen LogP contribution in [-0.2, 0) is 9.53 Å². The van der Waals surface area contributed by atoms with Crippen molar-refractivity contribution >= 4 is 5.91 Å². The lowest BCUT2D eigenvalue weighted by Gasteiger charge is -2.12. The average molecular weight is 187 g/mol. The number of rotatable bonds is 4. The number of aliphatic hydroxyl groups excluding tert-OH is 1. The van der Waals surface area contributed by atoms with Crippen LogP contribution in [0.2, 0.25) is 0 Å². The van der Waals surface area contributed by atoms with Gasteiger partial charge >= 0.3 is 0 Å². The Bertz CT molecular complexity index is 166. The Balaban J connectivity index is 2.16. The largest absolute Gasteiger partial charge is 0.391 e. The topological polar surface area (TPSA) is 58.6 Å². The van der Waals surface area contributed by atoms with Gasteiger partial charge in [0.2, 0.25) is 5.91 Å². The quantitative estimate of drug-likeness (QED) is 0.654. The summed E-state index contributed by atoms with van der Waals surface area (Å²) in [6.45, 7) is 2.88. The summed E-state index contributed by atoms with van der Waals surface area (Å²) in [5.41, 5.74) is 0. The van der Waals surface area contributed by atoms with Gasteiger partial charge in [0, 0.05) is 13.2 Å². The number of amides is 1. The maximum atomic E-state index is 11.3. The van der Waals surface area contributed by atoms with Gasteiger partial charge in [0.25, 0.3) is 0 Å². The molecule has 1 saturated heterocycles. The van der Waals surface area contributed by atoms with Crippen LogP contribution in [0.25, 0.3) is 0 Å². The van der Waals surface area contributed by atoms with Gasteiger partial charge < -0.3 is 15.2 Å². The Kier molecular flexibility index (Phi) is 4.18. The highest BCUT2D eigenvalue weighted by molar-refractivity contribution is 5.80. The highest BCUT2D eigenvalue weighted by atomic mass is 16.5. The molecule has 0 radical (unpaired) electrons. The summed E-state index contributed by atoms with van der Waals surface area (Å²) >= 11 is 0. The Morgan fingerprint density at radius 3 is 3.08 bits per heavy atom. The lowest BCUT2D eigenvalue weighted by Crippen LogP contribution is -2.38. The third-order valence-electron chi connectivity index (χ3n) is 2.21. The molecule has 1 rings (SSSR count). The first-order valence-electron chi connectivity index (χ1n) is 4.81. The minimum atomic E-state index is -0.439. The van der Waals surface area contributed by atoms with E-state index in [2.05, 4.69) is 5.32 Å². The summed E-state index contributed by atoms with van der Waals surface area (Å²) in [7, 11) is 0. The van der Waals surface area contributed by atoms with Crippen LogP contribution in [0.4, 0.5) is 0 Å². The zero-order chi connectivity index (χ0) is 9.68. The predicted molar refractivity (Wildman–Crippen MR) is 48.3 cm³/mol. The molecular weight excluding hydrogens is 170 g/mol. The average Bonchev–Trinajstić information content (AvgIpc) is 2.66. The maximum absolute atomic E-state index is 11.3. The fraction of sp³-hybridized carbons (Fsp3) is 0.889. The highest BCUT2D eigenvalue weighted by Crippen LogP contribution is 2.11. The van der Waals surface area contributed by atoms with Crippen LogP contribution >= 0.6 is 0 Å². The SMILES string of the molecule is CCC(O)CNC(=O)[C@H]1CCCO1. The molecule has 2 atom stereocenters. The minimum Gasteiger partial charge on any atom is -0.391 e. The third-order valence-corrected chi connectivity index (χ3v) is 2.21. The van der Waals surface area contributed by atoms with Crippen LogP contribution in [0, 0.1) is 0 Å². The van der Waals surface area contributed by atoms with Gasteiger partial charge in [-0.25, -0.2) is 0 Å². The molecule has 13 heavy (non-hydrogen) atoms. The third kappa shape index (κ3) is 3.32. The molecule has 0 aromatic heterocycles. The van der Waals surface area contributed by atoms with E-state index >= 15 is 0 Å². The van der Waals surface area contributed by atoms with E-state index in [4.69, 9.17) is 4.74 Å². The maximum Gasteiger partial charge on any atom is 0.249 e. The van der Waals surface area contributed by atoms with Crippen LogP contribution in [0.15, 0.2) is 0 Å². The first-order chi connectivity index (χ1) is 6.24. The van der Waals surface area contributed by atoms with E-state index in [-0.39, 0.29) is 12.0 Å². The molecule has 0 aliphatic carbocycles. The molecule has 0 saturated carbocycles.